The highest BCUT2D eigenvalue weighted by atomic mass is 15.5. The standard InChI is InChI=1S/C6H10N2/c1-5-4-6(2)8(3)7-5/h4,8H,3H2,1-2H3. The topological polar surface area (TPSA) is 16.8 Å². The summed E-state index contributed by atoms with van der Waals surface area (Å²) in [6, 6.07) is 0. The van der Waals surface area contributed by atoms with Crippen molar-refractivity contribution in [1.29, 1.82) is 0 Å². The number of hydrogen-bond acceptors (Lipinski definition) is 1. The lowest BCUT2D eigenvalue weighted by atomic mass is 10.3. The molecule has 0 spiro atoms. The lowest BCUT2D eigenvalue weighted by Crippen LogP contribution is -2.98. The molecule has 1 heterocycles. The summed E-state index contributed by atoms with van der Waals surface area (Å²) in [5.74, 6) is 0. The van der Waals surface area contributed by atoms with E-state index in [1.165, 1.54) is 5.70 Å². The van der Waals surface area contributed by atoms with E-state index >= 15 is 0 Å². The Morgan fingerprint density at radius 1 is 1.62 bits per heavy atom. The van der Waals surface area contributed by atoms with E-state index in [1.54, 1.807) is 0 Å². The van der Waals surface area contributed by atoms with Crippen LogP contribution in [0.3, 0.4) is 0 Å². The van der Waals surface area contributed by atoms with Crippen LogP contribution in [0.1, 0.15) is 13.8 Å². The molecule has 0 aromatic heterocycles. The quantitative estimate of drug-likeness (QED) is 0.421. The van der Waals surface area contributed by atoms with E-state index in [4.69, 9.17) is 0 Å². The summed E-state index contributed by atoms with van der Waals surface area (Å²) in [7, 11) is 3.73. The van der Waals surface area contributed by atoms with Gasteiger partial charge in [-0.05, 0) is 6.92 Å². The molecule has 0 aliphatic carbocycles. The summed E-state index contributed by atoms with van der Waals surface area (Å²) in [6.07, 6.45) is 2.03. The largest absolute Gasteiger partial charge is 0.310 e. The smallest absolute Gasteiger partial charge is 0.105 e. The van der Waals surface area contributed by atoms with Crippen molar-refractivity contribution in [3.05, 3.63) is 18.8 Å². The minimum absolute atomic E-state index is 0.905. The van der Waals surface area contributed by atoms with Gasteiger partial charge in [0.05, 0.1) is 5.71 Å². The highest BCUT2D eigenvalue weighted by Crippen LogP contribution is 1.89. The van der Waals surface area contributed by atoms with E-state index in [0.717, 1.165) is 10.7 Å². The van der Waals surface area contributed by atoms with Crippen molar-refractivity contribution in [2.45, 2.75) is 13.8 Å². The van der Waals surface area contributed by atoms with Gasteiger partial charge in [-0.25, -0.2) is 0 Å². The summed E-state index contributed by atoms with van der Waals surface area (Å²) < 4.78 is 0. The van der Waals surface area contributed by atoms with E-state index in [1.807, 2.05) is 19.9 Å². The fraction of sp³-hybridized carbons (Fsp3) is 0.333. The predicted octanol–water partition coefficient (Wildman–Crippen LogP) is -0.0438. The summed E-state index contributed by atoms with van der Waals surface area (Å²) in [5, 5.41) is 5.00. The molecule has 0 amide bonds. The minimum Gasteiger partial charge on any atom is -0.310 e. The number of nitrogens with one attached hydrogen (secondary N) is 1. The zero-order valence-electron chi connectivity index (χ0n) is 5.23. The number of nitrogens with zero attached hydrogens (tertiary/aromatic N) is 1. The Balaban J connectivity index is 2.78. The molecule has 1 unspecified atom stereocenters. The molecule has 8 heavy (non-hydrogen) atoms. The average Bonchev–Trinajstić information content (AvgIpc) is 1.85. The molecule has 0 bridgehead atoms. The molecule has 44 valence electrons. The van der Waals surface area contributed by atoms with Gasteiger partial charge in [0.25, 0.3) is 0 Å². The van der Waals surface area contributed by atoms with Crippen LogP contribution in [-0.2, 0) is 0 Å². The first-order valence-corrected chi connectivity index (χ1v) is 2.63. The lowest BCUT2D eigenvalue weighted by molar-refractivity contribution is -0.816. The van der Waals surface area contributed by atoms with Gasteiger partial charge in [-0.3, -0.25) is 0 Å². The number of rotatable bonds is 0. The van der Waals surface area contributed by atoms with Gasteiger partial charge in [0.15, 0.2) is 0 Å². The molecule has 0 saturated heterocycles. The van der Waals surface area contributed by atoms with Crippen LogP contribution >= 0.6 is 0 Å². The van der Waals surface area contributed by atoms with E-state index in [-0.39, 0.29) is 0 Å². The predicted molar refractivity (Wildman–Crippen MR) is 33.2 cm³/mol. The Kier molecular flexibility index (Phi) is 1.18. The lowest BCUT2D eigenvalue weighted by Gasteiger charge is -2.05. The Labute approximate surface area is 49.5 Å². The molecule has 1 aliphatic heterocycles. The van der Waals surface area contributed by atoms with Crippen molar-refractivity contribution in [2.24, 2.45) is 5.10 Å². The van der Waals surface area contributed by atoms with E-state index in [9.17, 15) is 0 Å². The molecule has 2 nitrogen and oxygen atoms in total. The van der Waals surface area contributed by atoms with E-state index in [0.29, 0.717) is 0 Å². The van der Waals surface area contributed by atoms with Gasteiger partial charge in [0.2, 0.25) is 0 Å². The van der Waals surface area contributed by atoms with Crippen LogP contribution in [0.4, 0.5) is 0 Å². The Hall–Kier alpha value is -0.630. The molecule has 1 atom stereocenters. The fourth-order valence-corrected chi connectivity index (χ4v) is 0.730. The fourth-order valence-electron chi connectivity index (χ4n) is 0.730. The second-order valence-electron chi connectivity index (χ2n) is 2.03. The Morgan fingerprint density at radius 3 is 2.38 bits per heavy atom. The molecule has 0 aromatic rings. The van der Waals surface area contributed by atoms with Gasteiger partial charge < -0.3 is 5.01 Å². The molecule has 0 radical (unpaired) electrons. The molecule has 2 heteroatoms. The maximum atomic E-state index is 4.10. The zero-order valence-corrected chi connectivity index (χ0v) is 5.23. The third-order valence-electron chi connectivity index (χ3n) is 1.19. The average molecular weight is 110 g/mol. The molecule has 0 aromatic carbocycles. The monoisotopic (exact) mass is 110 g/mol. The van der Waals surface area contributed by atoms with Gasteiger partial charge in [0.1, 0.15) is 5.70 Å². The molecule has 1 aliphatic rings. The van der Waals surface area contributed by atoms with E-state index in [2.05, 4.69) is 12.1 Å². The second kappa shape index (κ2) is 1.71. The highest BCUT2D eigenvalue weighted by molar-refractivity contribution is 5.93. The summed E-state index contributed by atoms with van der Waals surface area (Å²) in [5.41, 5.74) is 2.25. The molecule has 0 saturated carbocycles. The van der Waals surface area contributed by atoms with Crippen molar-refractivity contribution in [2.75, 3.05) is 0 Å². The van der Waals surface area contributed by atoms with Crippen molar-refractivity contribution in [1.82, 2.24) is 0 Å². The maximum Gasteiger partial charge on any atom is 0.105 e. The molecule has 1 rings (SSSR count). The van der Waals surface area contributed by atoms with Crippen molar-refractivity contribution in [3.8, 4) is 0 Å². The first-order chi connectivity index (χ1) is 3.70. The van der Waals surface area contributed by atoms with Crippen LogP contribution in [-0.4, -0.2) is 5.71 Å². The Bertz CT molecular complexity index is 156. The summed E-state index contributed by atoms with van der Waals surface area (Å²) in [6.45, 7) is 3.99. The number of allylic oxidation sites excluding steroid dienone is 2. The Morgan fingerprint density at radius 2 is 2.25 bits per heavy atom. The van der Waals surface area contributed by atoms with Crippen LogP contribution < -0.4 is 5.01 Å². The SMILES string of the molecule is [CH2-][NH+]1N=C(C)C=C1C. The van der Waals surface area contributed by atoms with Crippen LogP contribution in [0.25, 0.3) is 0 Å². The summed E-state index contributed by atoms with van der Waals surface area (Å²) in [4.78, 5) is 0. The van der Waals surface area contributed by atoms with Gasteiger partial charge in [-0.2, -0.15) is 0 Å². The first-order valence-electron chi connectivity index (χ1n) is 2.63. The zero-order chi connectivity index (χ0) is 6.15. The first kappa shape index (κ1) is 5.51. The third kappa shape index (κ3) is 0.793. The van der Waals surface area contributed by atoms with Gasteiger partial charge >= 0.3 is 0 Å². The minimum atomic E-state index is 0.905. The van der Waals surface area contributed by atoms with Gasteiger partial charge in [-0.1, -0.05) is 0 Å². The normalized spacial score (nSPS) is 27.6. The van der Waals surface area contributed by atoms with Gasteiger partial charge in [-0.15, -0.1) is 12.1 Å². The molecule has 1 N–H and O–H groups in total. The van der Waals surface area contributed by atoms with Crippen molar-refractivity contribution in [3.63, 3.8) is 0 Å². The van der Waals surface area contributed by atoms with Crippen LogP contribution in [0.15, 0.2) is 16.9 Å². The van der Waals surface area contributed by atoms with E-state index < -0.39 is 0 Å². The number of hydrogen-bond donors (Lipinski definition) is 1. The summed E-state index contributed by atoms with van der Waals surface area (Å²) >= 11 is 0. The maximum absolute atomic E-state index is 4.10. The molecular weight excluding hydrogens is 100 g/mol. The van der Waals surface area contributed by atoms with Crippen LogP contribution in [0, 0.1) is 7.05 Å². The van der Waals surface area contributed by atoms with Crippen LogP contribution in [0.5, 0.6) is 0 Å². The van der Waals surface area contributed by atoms with Gasteiger partial charge in [0, 0.05) is 13.0 Å². The third-order valence-corrected chi connectivity index (χ3v) is 1.19. The van der Waals surface area contributed by atoms with Crippen LogP contribution in [0.2, 0.25) is 0 Å². The molecule has 0 fully saturated rings. The van der Waals surface area contributed by atoms with Crippen molar-refractivity contribution < 1.29 is 5.01 Å². The second-order valence-corrected chi connectivity index (χ2v) is 2.03. The molecular formula is C6H10N2. The van der Waals surface area contributed by atoms with Crippen molar-refractivity contribution >= 4 is 5.71 Å². The number of quaternary nitrogens is 1. The highest BCUT2D eigenvalue weighted by Gasteiger charge is 2.05.